The van der Waals surface area contributed by atoms with Gasteiger partial charge in [0.25, 0.3) is 5.91 Å². The van der Waals surface area contributed by atoms with Crippen molar-refractivity contribution in [1.82, 2.24) is 5.43 Å². The molecule has 0 saturated heterocycles. The minimum absolute atomic E-state index is 0.379. The Morgan fingerprint density at radius 2 is 1.66 bits per heavy atom. The molecule has 1 N–H and O–H groups in total. The Balaban J connectivity index is 1.69. The summed E-state index contributed by atoms with van der Waals surface area (Å²) in [7, 11) is 4.61. The van der Waals surface area contributed by atoms with E-state index in [9.17, 15) is 4.79 Å². The molecule has 0 spiro atoms. The molecule has 7 nitrogen and oxygen atoms in total. The summed E-state index contributed by atoms with van der Waals surface area (Å²) >= 11 is 3.52. The molecule has 0 aromatic heterocycles. The monoisotopic (exact) mass is 498 g/mol. The minimum atomic E-state index is -0.379. The summed E-state index contributed by atoms with van der Waals surface area (Å²) in [5, 5.41) is 4.04. The Morgan fingerprint density at radius 1 is 0.938 bits per heavy atom. The summed E-state index contributed by atoms with van der Waals surface area (Å²) in [5.74, 6) is 1.75. The summed E-state index contributed by atoms with van der Waals surface area (Å²) in [4.78, 5) is 12.4. The molecular formula is C24H23BrN2O5. The lowest BCUT2D eigenvalue weighted by Crippen LogP contribution is -2.17. The number of amides is 1. The van der Waals surface area contributed by atoms with Gasteiger partial charge in [0.15, 0.2) is 23.0 Å². The van der Waals surface area contributed by atoms with E-state index in [0.717, 1.165) is 5.56 Å². The maximum atomic E-state index is 12.4. The van der Waals surface area contributed by atoms with Crippen molar-refractivity contribution in [1.29, 1.82) is 0 Å². The second-order valence-electron chi connectivity index (χ2n) is 6.58. The lowest BCUT2D eigenvalue weighted by molar-refractivity contribution is 0.0954. The second-order valence-corrected chi connectivity index (χ2v) is 7.43. The van der Waals surface area contributed by atoms with Crippen molar-refractivity contribution in [3.05, 3.63) is 81.8 Å². The van der Waals surface area contributed by atoms with Gasteiger partial charge in [0.05, 0.1) is 32.0 Å². The van der Waals surface area contributed by atoms with Crippen molar-refractivity contribution < 1.29 is 23.7 Å². The average Bonchev–Trinajstić information content (AvgIpc) is 2.83. The fourth-order valence-electron chi connectivity index (χ4n) is 2.89. The fraction of sp³-hybridized carbons (Fsp3) is 0.167. The Morgan fingerprint density at radius 3 is 2.34 bits per heavy atom. The third-order valence-electron chi connectivity index (χ3n) is 4.50. The minimum Gasteiger partial charge on any atom is -0.493 e. The molecule has 0 fully saturated rings. The Labute approximate surface area is 195 Å². The fourth-order valence-corrected chi connectivity index (χ4v) is 3.47. The zero-order chi connectivity index (χ0) is 22.9. The summed E-state index contributed by atoms with van der Waals surface area (Å²) in [6.07, 6.45) is 1.52. The van der Waals surface area contributed by atoms with Crippen molar-refractivity contribution in [2.24, 2.45) is 5.10 Å². The molecule has 0 atom stereocenters. The molecule has 0 heterocycles. The molecule has 0 bridgehead atoms. The number of ether oxygens (including phenoxy) is 4. The van der Waals surface area contributed by atoms with Crippen molar-refractivity contribution >= 4 is 28.1 Å². The lowest BCUT2D eigenvalue weighted by Gasteiger charge is -2.13. The van der Waals surface area contributed by atoms with E-state index in [1.807, 2.05) is 36.4 Å². The van der Waals surface area contributed by atoms with Crippen LogP contribution in [0.4, 0.5) is 0 Å². The van der Waals surface area contributed by atoms with Gasteiger partial charge in [-0.15, -0.1) is 0 Å². The Kier molecular flexibility index (Phi) is 8.10. The van der Waals surface area contributed by atoms with Crippen molar-refractivity contribution in [3.8, 4) is 23.0 Å². The maximum absolute atomic E-state index is 12.4. The number of methoxy groups -OCH3 is 3. The number of benzene rings is 3. The van der Waals surface area contributed by atoms with Crippen LogP contribution >= 0.6 is 15.9 Å². The zero-order valence-corrected chi connectivity index (χ0v) is 19.5. The van der Waals surface area contributed by atoms with E-state index in [2.05, 4.69) is 26.5 Å². The molecule has 8 heteroatoms. The molecule has 0 aliphatic rings. The van der Waals surface area contributed by atoms with Gasteiger partial charge in [0.2, 0.25) is 0 Å². The molecule has 3 rings (SSSR count). The van der Waals surface area contributed by atoms with Crippen LogP contribution in [0.2, 0.25) is 0 Å². The highest BCUT2D eigenvalue weighted by atomic mass is 79.9. The molecule has 0 aliphatic carbocycles. The molecule has 1 amide bonds. The van der Waals surface area contributed by atoms with E-state index < -0.39 is 0 Å². The van der Waals surface area contributed by atoms with Crippen molar-refractivity contribution in [3.63, 3.8) is 0 Å². The zero-order valence-electron chi connectivity index (χ0n) is 17.9. The van der Waals surface area contributed by atoms with E-state index in [0.29, 0.717) is 45.2 Å². The number of carbonyl (C=O) groups excluding carboxylic acids is 1. The molecule has 0 unspecified atom stereocenters. The highest BCUT2D eigenvalue weighted by Crippen LogP contribution is 2.37. The van der Waals surface area contributed by atoms with Crippen molar-refractivity contribution in [2.75, 3.05) is 21.3 Å². The molecule has 3 aromatic rings. The van der Waals surface area contributed by atoms with E-state index in [4.69, 9.17) is 18.9 Å². The lowest BCUT2D eigenvalue weighted by atomic mass is 10.2. The molecule has 3 aromatic carbocycles. The second kappa shape index (κ2) is 11.2. The van der Waals surface area contributed by atoms with Crippen LogP contribution < -0.4 is 24.4 Å². The van der Waals surface area contributed by atoms with Crippen LogP contribution in [0, 0.1) is 0 Å². The maximum Gasteiger partial charge on any atom is 0.271 e. The van der Waals surface area contributed by atoms with Crippen LogP contribution in [0.15, 0.2) is 70.2 Å². The standard InChI is InChI=1S/C24H23BrN2O5/c1-29-20-10-9-18(13-21(20)30-2)24(28)27-26-14-17-11-19(25)23(22(12-17)31-3)32-15-16-7-5-4-6-8-16/h4-14H,15H2,1-3H3,(H,27,28)/b26-14+. The van der Waals surface area contributed by atoms with E-state index in [-0.39, 0.29) is 5.91 Å². The number of halogens is 1. The third-order valence-corrected chi connectivity index (χ3v) is 5.09. The van der Waals surface area contributed by atoms with Gasteiger partial charge >= 0.3 is 0 Å². The largest absolute Gasteiger partial charge is 0.493 e. The van der Waals surface area contributed by atoms with Crippen LogP contribution in [0.3, 0.4) is 0 Å². The average molecular weight is 499 g/mol. The number of hydrogen-bond donors (Lipinski definition) is 1. The summed E-state index contributed by atoms with van der Waals surface area (Å²) in [6, 6.07) is 18.3. The van der Waals surface area contributed by atoms with Gasteiger partial charge in [-0.05, 0) is 57.4 Å². The highest BCUT2D eigenvalue weighted by Gasteiger charge is 2.12. The predicted octanol–water partition coefficient (Wildman–Crippen LogP) is 4.82. The number of hydrogen-bond acceptors (Lipinski definition) is 6. The van der Waals surface area contributed by atoms with E-state index in [1.165, 1.54) is 20.4 Å². The number of hydrazone groups is 1. The predicted molar refractivity (Wildman–Crippen MR) is 126 cm³/mol. The van der Waals surface area contributed by atoms with Gasteiger partial charge in [-0.25, -0.2) is 5.43 Å². The summed E-state index contributed by atoms with van der Waals surface area (Å²) in [5.41, 5.74) is 4.66. The summed E-state index contributed by atoms with van der Waals surface area (Å²) in [6.45, 7) is 0.407. The van der Waals surface area contributed by atoms with Crippen LogP contribution in [0.5, 0.6) is 23.0 Å². The first-order valence-corrected chi connectivity index (χ1v) is 10.4. The molecule has 166 valence electrons. The van der Waals surface area contributed by atoms with Crippen LogP contribution in [0.25, 0.3) is 0 Å². The summed E-state index contributed by atoms with van der Waals surface area (Å²) < 4.78 is 22.5. The van der Waals surface area contributed by atoms with Crippen LogP contribution in [-0.2, 0) is 6.61 Å². The third kappa shape index (κ3) is 5.79. The molecule has 0 radical (unpaired) electrons. The van der Waals surface area contributed by atoms with Crippen molar-refractivity contribution in [2.45, 2.75) is 6.61 Å². The SMILES string of the molecule is COc1ccc(C(=O)N/N=C/c2cc(Br)c(OCc3ccccc3)c(OC)c2)cc1OC. The number of nitrogens with one attached hydrogen (secondary N) is 1. The van der Waals surface area contributed by atoms with Gasteiger partial charge in [-0.1, -0.05) is 30.3 Å². The quantitative estimate of drug-likeness (QED) is 0.338. The molecular weight excluding hydrogens is 476 g/mol. The highest BCUT2D eigenvalue weighted by molar-refractivity contribution is 9.10. The van der Waals surface area contributed by atoms with Gasteiger partial charge < -0.3 is 18.9 Å². The first-order chi connectivity index (χ1) is 15.5. The number of nitrogens with zero attached hydrogens (tertiary/aromatic N) is 1. The van der Waals surface area contributed by atoms with Gasteiger partial charge in [-0.2, -0.15) is 5.10 Å². The smallest absolute Gasteiger partial charge is 0.271 e. The Bertz CT molecular complexity index is 1100. The number of rotatable bonds is 9. The molecule has 0 aliphatic heterocycles. The topological polar surface area (TPSA) is 78.4 Å². The van der Waals surface area contributed by atoms with Gasteiger partial charge in [-0.3, -0.25) is 4.79 Å². The normalized spacial score (nSPS) is 10.6. The van der Waals surface area contributed by atoms with E-state index >= 15 is 0 Å². The van der Waals surface area contributed by atoms with Gasteiger partial charge in [0, 0.05) is 5.56 Å². The molecule has 32 heavy (non-hydrogen) atoms. The Hall–Kier alpha value is -3.52. The number of carbonyl (C=O) groups is 1. The van der Waals surface area contributed by atoms with Crippen LogP contribution in [-0.4, -0.2) is 33.5 Å². The first-order valence-electron chi connectivity index (χ1n) is 9.65. The van der Waals surface area contributed by atoms with Crippen LogP contribution in [0.1, 0.15) is 21.5 Å². The molecule has 0 saturated carbocycles. The van der Waals surface area contributed by atoms with E-state index in [1.54, 1.807) is 31.4 Å². The first kappa shape index (κ1) is 23.1. The van der Waals surface area contributed by atoms with Gasteiger partial charge in [0.1, 0.15) is 6.61 Å².